The molecule has 1 aliphatic heterocycles. The van der Waals surface area contributed by atoms with Gasteiger partial charge in [-0.3, -0.25) is 4.90 Å². The molecule has 2 N–H and O–H groups in total. The van der Waals surface area contributed by atoms with Crippen molar-refractivity contribution >= 4 is 27.4 Å². The SMILES string of the molecule is CCC(CO)Nc1nc(CN2CCOCC2)nc2sc3c(c12)CCCC3. The summed E-state index contributed by atoms with van der Waals surface area (Å²) in [6.07, 6.45) is 5.65. The second-order valence-electron chi connectivity index (χ2n) is 7.20. The third-order valence-corrected chi connectivity index (χ3v) is 6.57. The van der Waals surface area contributed by atoms with Crippen molar-refractivity contribution in [3.63, 3.8) is 0 Å². The fourth-order valence-corrected chi connectivity index (χ4v) is 5.09. The number of rotatable bonds is 6. The fraction of sp³-hybridized carbons (Fsp3) is 0.684. The number of aryl methyl sites for hydroxylation is 2. The predicted octanol–water partition coefficient (Wildman–Crippen LogP) is 2.59. The number of fused-ring (bicyclic) bond motifs is 3. The van der Waals surface area contributed by atoms with Crippen LogP contribution in [-0.2, 0) is 24.1 Å². The number of nitrogens with zero attached hydrogens (tertiary/aromatic N) is 3. The van der Waals surface area contributed by atoms with Crippen LogP contribution in [0.25, 0.3) is 10.2 Å². The molecule has 6 nitrogen and oxygen atoms in total. The summed E-state index contributed by atoms with van der Waals surface area (Å²) in [5.41, 5.74) is 1.43. The van der Waals surface area contributed by atoms with E-state index in [0.29, 0.717) is 0 Å². The van der Waals surface area contributed by atoms with Gasteiger partial charge in [0.1, 0.15) is 16.5 Å². The molecule has 0 spiro atoms. The van der Waals surface area contributed by atoms with Gasteiger partial charge in [0.25, 0.3) is 0 Å². The molecule has 1 fully saturated rings. The molecule has 0 aromatic carbocycles. The van der Waals surface area contributed by atoms with Gasteiger partial charge in [-0.05, 0) is 37.7 Å². The molecule has 1 saturated heterocycles. The molecule has 26 heavy (non-hydrogen) atoms. The van der Waals surface area contributed by atoms with Gasteiger partial charge in [-0.25, -0.2) is 9.97 Å². The molecule has 0 radical (unpaired) electrons. The number of morpholine rings is 1. The summed E-state index contributed by atoms with van der Waals surface area (Å²) in [7, 11) is 0. The number of ether oxygens (including phenoxy) is 1. The third kappa shape index (κ3) is 3.71. The standard InChI is InChI=1S/C19H28N4O2S/c1-2-13(12-24)20-18-17-14-5-3-4-6-15(14)26-19(17)22-16(21-18)11-23-7-9-25-10-8-23/h13,24H,2-12H2,1H3,(H,20,21,22). The second-order valence-corrected chi connectivity index (χ2v) is 8.28. The molecule has 2 aromatic heterocycles. The molecule has 3 heterocycles. The van der Waals surface area contributed by atoms with Crippen LogP contribution in [0.3, 0.4) is 0 Å². The van der Waals surface area contributed by atoms with Gasteiger partial charge in [0.05, 0.1) is 37.8 Å². The summed E-state index contributed by atoms with van der Waals surface area (Å²) in [6.45, 7) is 6.38. The lowest BCUT2D eigenvalue weighted by Gasteiger charge is -2.26. The lowest BCUT2D eigenvalue weighted by atomic mass is 9.97. The average Bonchev–Trinajstić information content (AvgIpc) is 3.05. The van der Waals surface area contributed by atoms with Crippen LogP contribution in [0, 0.1) is 0 Å². The fourth-order valence-electron chi connectivity index (χ4n) is 3.81. The van der Waals surface area contributed by atoms with E-state index >= 15 is 0 Å². The van der Waals surface area contributed by atoms with E-state index in [1.807, 2.05) is 11.3 Å². The maximum absolute atomic E-state index is 9.65. The molecule has 142 valence electrons. The zero-order valence-corrected chi connectivity index (χ0v) is 16.3. The molecule has 2 aliphatic rings. The van der Waals surface area contributed by atoms with E-state index in [1.54, 1.807) is 0 Å². The quantitative estimate of drug-likeness (QED) is 0.808. The molecule has 1 aliphatic carbocycles. The van der Waals surface area contributed by atoms with Crippen LogP contribution in [0.4, 0.5) is 5.82 Å². The number of hydrogen-bond acceptors (Lipinski definition) is 7. The van der Waals surface area contributed by atoms with E-state index in [1.165, 1.54) is 28.7 Å². The van der Waals surface area contributed by atoms with Crippen molar-refractivity contribution in [1.82, 2.24) is 14.9 Å². The summed E-state index contributed by atoms with van der Waals surface area (Å²) in [4.78, 5) is 14.7. The Labute approximate surface area is 158 Å². The highest BCUT2D eigenvalue weighted by molar-refractivity contribution is 7.19. The van der Waals surface area contributed by atoms with E-state index in [2.05, 4.69) is 17.1 Å². The smallest absolute Gasteiger partial charge is 0.146 e. The van der Waals surface area contributed by atoms with Gasteiger partial charge in [-0.1, -0.05) is 6.92 Å². The Balaban J connectivity index is 1.71. The van der Waals surface area contributed by atoms with Crippen LogP contribution in [0.1, 0.15) is 42.5 Å². The molecule has 1 unspecified atom stereocenters. The highest BCUT2D eigenvalue weighted by Crippen LogP contribution is 2.39. The van der Waals surface area contributed by atoms with Gasteiger partial charge >= 0.3 is 0 Å². The predicted molar refractivity (Wildman–Crippen MR) is 105 cm³/mol. The van der Waals surface area contributed by atoms with Gasteiger partial charge in [0.2, 0.25) is 0 Å². The first-order valence-electron chi connectivity index (χ1n) is 9.77. The zero-order valence-electron chi connectivity index (χ0n) is 15.5. The number of aromatic nitrogens is 2. The summed E-state index contributed by atoms with van der Waals surface area (Å²) < 4.78 is 5.45. The molecule has 1 atom stereocenters. The summed E-state index contributed by atoms with van der Waals surface area (Å²) >= 11 is 1.84. The first-order chi connectivity index (χ1) is 12.8. The number of nitrogens with one attached hydrogen (secondary N) is 1. The molecule has 0 bridgehead atoms. The topological polar surface area (TPSA) is 70.5 Å². The number of aliphatic hydroxyl groups excluding tert-OH is 1. The Morgan fingerprint density at radius 3 is 2.81 bits per heavy atom. The lowest BCUT2D eigenvalue weighted by molar-refractivity contribution is 0.0331. The van der Waals surface area contributed by atoms with E-state index in [9.17, 15) is 5.11 Å². The number of aliphatic hydroxyl groups is 1. The van der Waals surface area contributed by atoms with Crippen molar-refractivity contribution in [2.75, 3.05) is 38.2 Å². The normalized spacial score (nSPS) is 19.5. The first-order valence-corrected chi connectivity index (χ1v) is 10.6. The molecular weight excluding hydrogens is 348 g/mol. The first kappa shape index (κ1) is 18.1. The Kier molecular flexibility index (Phi) is 5.69. The molecule has 4 rings (SSSR count). The minimum Gasteiger partial charge on any atom is -0.394 e. The van der Waals surface area contributed by atoms with Crippen LogP contribution < -0.4 is 5.32 Å². The largest absolute Gasteiger partial charge is 0.394 e. The van der Waals surface area contributed by atoms with Crippen molar-refractivity contribution in [3.05, 3.63) is 16.3 Å². The Hall–Kier alpha value is -1.28. The Bertz CT molecular complexity index is 754. The third-order valence-electron chi connectivity index (χ3n) is 5.38. The van der Waals surface area contributed by atoms with Crippen LogP contribution in [-0.4, -0.2) is 58.9 Å². The van der Waals surface area contributed by atoms with Crippen molar-refractivity contribution in [1.29, 1.82) is 0 Å². The molecule has 7 heteroatoms. The molecule has 2 aromatic rings. The lowest BCUT2D eigenvalue weighted by Crippen LogP contribution is -2.36. The van der Waals surface area contributed by atoms with Crippen LogP contribution in [0.5, 0.6) is 0 Å². The van der Waals surface area contributed by atoms with Crippen molar-refractivity contribution in [2.24, 2.45) is 0 Å². The molecule has 0 saturated carbocycles. The van der Waals surface area contributed by atoms with E-state index in [4.69, 9.17) is 14.7 Å². The highest BCUT2D eigenvalue weighted by atomic mass is 32.1. The Morgan fingerprint density at radius 1 is 1.23 bits per heavy atom. The van der Waals surface area contributed by atoms with E-state index < -0.39 is 0 Å². The van der Waals surface area contributed by atoms with Gasteiger partial charge in [0, 0.05) is 18.0 Å². The van der Waals surface area contributed by atoms with Gasteiger partial charge < -0.3 is 15.2 Å². The zero-order chi connectivity index (χ0) is 17.9. The van der Waals surface area contributed by atoms with Gasteiger partial charge in [-0.15, -0.1) is 11.3 Å². The van der Waals surface area contributed by atoms with Crippen LogP contribution in [0.2, 0.25) is 0 Å². The van der Waals surface area contributed by atoms with Crippen LogP contribution in [0.15, 0.2) is 0 Å². The minimum absolute atomic E-state index is 0.0310. The van der Waals surface area contributed by atoms with Crippen molar-refractivity contribution in [3.8, 4) is 0 Å². The number of anilines is 1. The maximum atomic E-state index is 9.65. The molecule has 0 amide bonds. The summed E-state index contributed by atoms with van der Waals surface area (Å²) in [5, 5.41) is 14.3. The minimum atomic E-state index is 0.0310. The van der Waals surface area contributed by atoms with E-state index in [-0.39, 0.29) is 12.6 Å². The maximum Gasteiger partial charge on any atom is 0.146 e. The van der Waals surface area contributed by atoms with Crippen molar-refractivity contribution < 1.29 is 9.84 Å². The molecular formula is C19H28N4O2S. The monoisotopic (exact) mass is 376 g/mol. The average molecular weight is 377 g/mol. The highest BCUT2D eigenvalue weighted by Gasteiger charge is 2.23. The second kappa shape index (κ2) is 8.17. The number of hydrogen-bond donors (Lipinski definition) is 2. The summed E-state index contributed by atoms with van der Waals surface area (Å²) in [5.74, 6) is 1.78. The number of thiophene rings is 1. The summed E-state index contributed by atoms with van der Waals surface area (Å²) in [6, 6.07) is 0.0310. The van der Waals surface area contributed by atoms with Crippen LogP contribution >= 0.6 is 11.3 Å². The Morgan fingerprint density at radius 2 is 2.04 bits per heavy atom. The van der Waals surface area contributed by atoms with Crippen molar-refractivity contribution in [2.45, 2.75) is 51.6 Å². The van der Waals surface area contributed by atoms with Gasteiger partial charge in [0.15, 0.2) is 0 Å². The van der Waals surface area contributed by atoms with Gasteiger partial charge in [-0.2, -0.15) is 0 Å². The van der Waals surface area contributed by atoms with E-state index in [0.717, 1.165) is 68.6 Å².